The minimum absolute atomic E-state index is 0.00605. The smallest absolute Gasteiger partial charge is 0.306 e. The molecule has 0 amide bonds. The summed E-state index contributed by atoms with van der Waals surface area (Å²) in [5, 5.41) is 32.2. The summed E-state index contributed by atoms with van der Waals surface area (Å²) in [7, 11) is 0. The Morgan fingerprint density at radius 2 is 1.65 bits per heavy atom. The van der Waals surface area contributed by atoms with Gasteiger partial charge in [-0.25, -0.2) is 0 Å². The minimum Gasteiger partial charge on any atom is -0.461 e. The highest BCUT2D eigenvalue weighted by Crippen LogP contribution is 2.38. The Balaban J connectivity index is 1.32. The van der Waals surface area contributed by atoms with E-state index in [9.17, 15) is 20.1 Å². The van der Waals surface area contributed by atoms with E-state index in [2.05, 4.69) is 40.2 Å². The number of allylic oxidation sites excluding steroid dienone is 2. The second-order valence-electron chi connectivity index (χ2n) is 10.2. The summed E-state index contributed by atoms with van der Waals surface area (Å²) in [5.74, 6) is -0.212. The molecule has 202 valence electrons. The second kappa shape index (κ2) is 16.1. The van der Waals surface area contributed by atoms with E-state index in [4.69, 9.17) is 4.74 Å². The molecule has 0 radical (unpaired) electrons. The van der Waals surface area contributed by atoms with Crippen LogP contribution in [0.2, 0.25) is 0 Å². The number of rotatable bonds is 15. The van der Waals surface area contributed by atoms with Crippen LogP contribution in [0.3, 0.4) is 0 Å². The maximum atomic E-state index is 12.0. The fraction of sp³-hybridized carbons (Fsp3) is 0.516. The van der Waals surface area contributed by atoms with Crippen molar-refractivity contribution in [1.82, 2.24) is 0 Å². The van der Waals surface area contributed by atoms with Crippen LogP contribution in [0.1, 0.15) is 68.1 Å². The molecule has 37 heavy (non-hydrogen) atoms. The molecule has 0 spiro atoms. The minimum atomic E-state index is -0.528. The number of aryl methyl sites for hydroxylation is 1. The molecule has 3 N–H and O–H groups in total. The van der Waals surface area contributed by atoms with Crippen LogP contribution >= 0.6 is 15.9 Å². The van der Waals surface area contributed by atoms with Crippen LogP contribution in [0.15, 0.2) is 66.7 Å². The van der Waals surface area contributed by atoms with Crippen molar-refractivity contribution in [1.29, 1.82) is 0 Å². The molecule has 5 nitrogen and oxygen atoms in total. The first kappa shape index (κ1) is 29.6. The Hall–Kier alpha value is -1.99. The molecular formula is C31H41BrO5. The zero-order chi connectivity index (χ0) is 26.5. The standard InChI is InChI=1S/C31H41BrO5/c32-21-24-12-14-25(15-13-24)22-37-31(36)11-7-2-1-6-10-27-28(30(35)20-29(27)34)19-18-26(33)17-16-23-8-4-3-5-9-23/h1,3-6,8-9,12-15,26-30,33-35H,2,7,10-11,16-22H2. The Kier molecular flexibility index (Phi) is 12.8. The number of esters is 1. The maximum absolute atomic E-state index is 12.0. The second-order valence-corrected chi connectivity index (χ2v) is 10.7. The number of aliphatic hydroxyl groups excluding tert-OH is 3. The highest BCUT2D eigenvalue weighted by Gasteiger charge is 2.40. The van der Waals surface area contributed by atoms with Crippen molar-refractivity contribution in [3.05, 3.63) is 83.4 Å². The van der Waals surface area contributed by atoms with Crippen LogP contribution in [0.25, 0.3) is 0 Å². The number of halogens is 1. The maximum Gasteiger partial charge on any atom is 0.306 e. The van der Waals surface area contributed by atoms with Crippen LogP contribution < -0.4 is 0 Å². The van der Waals surface area contributed by atoms with Crippen molar-refractivity contribution >= 4 is 21.9 Å². The molecule has 1 aliphatic carbocycles. The third-order valence-electron chi connectivity index (χ3n) is 7.37. The summed E-state index contributed by atoms with van der Waals surface area (Å²) in [5.41, 5.74) is 3.38. The van der Waals surface area contributed by atoms with Gasteiger partial charge in [-0.15, -0.1) is 0 Å². The van der Waals surface area contributed by atoms with Gasteiger partial charge in [0, 0.05) is 11.8 Å². The fourth-order valence-electron chi connectivity index (χ4n) is 5.11. The summed E-state index contributed by atoms with van der Waals surface area (Å²) in [6, 6.07) is 18.1. The summed E-state index contributed by atoms with van der Waals surface area (Å²) in [6.07, 6.45) is 8.46. The van der Waals surface area contributed by atoms with Crippen molar-refractivity contribution in [2.75, 3.05) is 0 Å². The molecule has 6 heteroatoms. The van der Waals surface area contributed by atoms with Crippen molar-refractivity contribution < 1.29 is 24.9 Å². The van der Waals surface area contributed by atoms with Crippen molar-refractivity contribution in [3.8, 4) is 0 Å². The number of alkyl halides is 1. The first-order chi connectivity index (χ1) is 18.0. The zero-order valence-corrected chi connectivity index (χ0v) is 23.1. The third-order valence-corrected chi connectivity index (χ3v) is 8.01. The highest BCUT2D eigenvalue weighted by molar-refractivity contribution is 9.08. The van der Waals surface area contributed by atoms with Gasteiger partial charge in [0.1, 0.15) is 6.61 Å². The summed E-state index contributed by atoms with van der Waals surface area (Å²) in [6.45, 7) is 0.293. The quantitative estimate of drug-likeness (QED) is 0.107. The molecule has 2 aromatic carbocycles. The van der Waals surface area contributed by atoms with Crippen molar-refractivity contribution in [3.63, 3.8) is 0 Å². The predicted octanol–water partition coefficient (Wildman–Crippen LogP) is 5.87. The Morgan fingerprint density at radius 1 is 0.946 bits per heavy atom. The van der Waals surface area contributed by atoms with E-state index in [-0.39, 0.29) is 17.8 Å². The normalized spacial score (nSPS) is 22.4. The van der Waals surface area contributed by atoms with E-state index in [1.165, 1.54) is 11.1 Å². The van der Waals surface area contributed by atoms with Crippen LogP contribution in [0.5, 0.6) is 0 Å². The average Bonchev–Trinajstić information content (AvgIpc) is 3.19. The van der Waals surface area contributed by atoms with Gasteiger partial charge in [0.05, 0.1) is 18.3 Å². The molecule has 1 fully saturated rings. The van der Waals surface area contributed by atoms with E-state index < -0.39 is 18.3 Å². The predicted molar refractivity (Wildman–Crippen MR) is 150 cm³/mol. The van der Waals surface area contributed by atoms with Gasteiger partial charge in [-0.3, -0.25) is 4.79 Å². The van der Waals surface area contributed by atoms with E-state index in [1.54, 1.807) is 0 Å². The lowest BCUT2D eigenvalue weighted by molar-refractivity contribution is -0.145. The molecule has 5 atom stereocenters. The lowest BCUT2D eigenvalue weighted by atomic mass is 9.85. The van der Waals surface area contributed by atoms with Crippen LogP contribution in [-0.2, 0) is 27.9 Å². The zero-order valence-electron chi connectivity index (χ0n) is 21.6. The lowest BCUT2D eigenvalue weighted by Gasteiger charge is -2.23. The Labute approximate surface area is 229 Å². The average molecular weight is 574 g/mol. The topological polar surface area (TPSA) is 87.0 Å². The van der Waals surface area contributed by atoms with Gasteiger partial charge in [0.15, 0.2) is 0 Å². The van der Waals surface area contributed by atoms with Gasteiger partial charge in [0.2, 0.25) is 0 Å². The van der Waals surface area contributed by atoms with Gasteiger partial charge in [-0.2, -0.15) is 0 Å². The number of carbonyl (C=O) groups excluding carboxylic acids is 1. The van der Waals surface area contributed by atoms with Gasteiger partial charge >= 0.3 is 5.97 Å². The molecule has 1 aliphatic rings. The molecule has 0 aliphatic heterocycles. The van der Waals surface area contributed by atoms with E-state index in [1.807, 2.05) is 42.5 Å². The van der Waals surface area contributed by atoms with Gasteiger partial charge in [-0.05, 0) is 79.9 Å². The van der Waals surface area contributed by atoms with E-state index >= 15 is 0 Å². The SMILES string of the molecule is O=C(CCCC=CCC1C(O)CC(O)C1CCC(O)CCc1ccccc1)OCc1ccc(CBr)cc1. The molecule has 0 saturated heterocycles. The number of aliphatic hydroxyl groups is 3. The van der Waals surface area contributed by atoms with Gasteiger partial charge < -0.3 is 20.1 Å². The molecule has 0 aromatic heterocycles. The molecular weight excluding hydrogens is 532 g/mol. The number of ether oxygens (including phenoxy) is 1. The monoisotopic (exact) mass is 572 g/mol. The third kappa shape index (κ3) is 10.4. The first-order valence-corrected chi connectivity index (χ1v) is 14.6. The summed E-state index contributed by atoms with van der Waals surface area (Å²) < 4.78 is 5.36. The van der Waals surface area contributed by atoms with Crippen LogP contribution in [0, 0.1) is 11.8 Å². The Bertz CT molecular complexity index is 946. The number of hydrogen-bond acceptors (Lipinski definition) is 5. The van der Waals surface area contributed by atoms with E-state index in [0.717, 1.165) is 23.7 Å². The largest absolute Gasteiger partial charge is 0.461 e. The van der Waals surface area contributed by atoms with Crippen molar-refractivity contribution in [2.24, 2.45) is 11.8 Å². The van der Waals surface area contributed by atoms with Gasteiger partial charge in [-0.1, -0.05) is 82.7 Å². The number of hydrogen-bond donors (Lipinski definition) is 3. The number of unbranched alkanes of at least 4 members (excludes halogenated alkanes) is 1. The fourth-order valence-corrected chi connectivity index (χ4v) is 5.48. The Morgan fingerprint density at radius 3 is 2.38 bits per heavy atom. The highest BCUT2D eigenvalue weighted by atomic mass is 79.9. The molecule has 0 heterocycles. The summed E-state index contributed by atoms with van der Waals surface area (Å²) in [4.78, 5) is 12.0. The number of benzene rings is 2. The number of carbonyl (C=O) groups is 1. The molecule has 5 unspecified atom stereocenters. The lowest BCUT2D eigenvalue weighted by Crippen LogP contribution is -2.23. The molecule has 1 saturated carbocycles. The molecule has 3 rings (SSSR count). The van der Waals surface area contributed by atoms with Crippen molar-refractivity contribution in [2.45, 2.75) is 88.0 Å². The molecule has 2 aromatic rings. The summed E-state index contributed by atoms with van der Waals surface area (Å²) >= 11 is 3.42. The van der Waals surface area contributed by atoms with E-state index in [0.29, 0.717) is 51.6 Å². The molecule has 0 bridgehead atoms. The van der Waals surface area contributed by atoms with Crippen LogP contribution in [0.4, 0.5) is 0 Å². The van der Waals surface area contributed by atoms with Gasteiger partial charge in [0.25, 0.3) is 0 Å². The van der Waals surface area contributed by atoms with Crippen LogP contribution in [-0.4, -0.2) is 39.6 Å². The first-order valence-electron chi connectivity index (χ1n) is 13.5.